The standard InChI is InChI=1S/C21H17F4NO4S2/c22-15-10-12(5-7-14(15)21(23,24)25)16-8-6-13(30-16)11-17-19(29)26(20(31)32-17)9-3-1-2-4-18(27)28/h5-8,10-11H,1-4,9H2,(H,27,28). The average Bonchev–Trinajstić information content (AvgIpc) is 3.26. The summed E-state index contributed by atoms with van der Waals surface area (Å²) in [6.45, 7) is 0.371. The molecule has 0 spiro atoms. The van der Waals surface area contributed by atoms with Crippen LogP contribution >= 0.6 is 24.0 Å². The van der Waals surface area contributed by atoms with Gasteiger partial charge in [-0.1, -0.05) is 36.5 Å². The Morgan fingerprint density at radius 3 is 2.59 bits per heavy atom. The van der Waals surface area contributed by atoms with Gasteiger partial charge in [0.25, 0.3) is 5.91 Å². The second-order valence-electron chi connectivity index (χ2n) is 6.93. The molecule has 1 aliphatic heterocycles. The van der Waals surface area contributed by atoms with Crippen LogP contribution in [0, 0.1) is 5.82 Å². The molecule has 1 aromatic heterocycles. The first-order valence-corrected chi connectivity index (χ1v) is 10.7. The quantitative estimate of drug-likeness (QED) is 0.215. The Labute approximate surface area is 190 Å². The van der Waals surface area contributed by atoms with Crippen LogP contribution in [0.1, 0.15) is 37.0 Å². The molecule has 0 radical (unpaired) electrons. The van der Waals surface area contributed by atoms with E-state index in [1.807, 2.05) is 0 Å². The number of aliphatic carboxylic acids is 1. The lowest BCUT2D eigenvalue weighted by molar-refractivity contribution is -0.140. The van der Waals surface area contributed by atoms with Crippen LogP contribution in [0.15, 0.2) is 39.7 Å². The van der Waals surface area contributed by atoms with Crippen molar-refractivity contribution in [2.45, 2.75) is 31.9 Å². The zero-order valence-corrected chi connectivity index (χ0v) is 18.1. The van der Waals surface area contributed by atoms with E-state index in [4.69, 9.17) is 21.7 Å². The number of hydrogen-bond donors (Lipinski definition) is 1. The van der Waals surface area contributed by atoms with E-state index in [0.29, 0.717) is 41.1 Å². The number of carboxylic acid groups (broad SMARTS) is 1. The molecule has 0 bridgehead atoms. The van der Waals surface area contributed by atoms with E-state index in [-0.39, 0.29) is 29.4 Å². The molecule has 1 amide bonds. The molecule has 11 heteroatoms. The lowest BCUT2D eigenvalue weighted by Crippen LogP contribution is -2.29. The van der Waals surface area contributed by atoms with Crippen LogP contribution in [0.4, 0.5) is 17.6 Å². The lowest BCUT2D eigenvalue weighted by Gasteiger charge is -2.13. The van der Waals surface area contributed by atoms with Crippen LogP contribution in [0.2, 0.25) is 0 Å². The molecule has 1 saturated heterocycles. The first-order valence-electron chi connectivity index (χ1n) is 9.50. The Morgan fingerprint density at radius 2 is 1.94 bits per heavy atom. The normalized spacial score (nSPS) is 15.8. The van der Waals surface area contributed by atoms with Gasteiger partial charge in [-0.15, -0.1) is 0 Å². The molecule has 1 aliphatic rings. The van der Waals surface area contributed by atoms with Gasteiger partial charge in [0.1, 0.15) is 21.7 Å². The van der Waals surface area contributed by atoms with E-state index in [2.05, 4.69) is 0 Å². The van der Waals surface area contributed by atoms with Crippen molar-refractivity contribution in [1.82, 2.24) is 4.90 Å². The summed E-state index contributed by atoms with van der Waals surface area (Å²) in [4.78, 5) is 24.9. The molecule has 170 valence electrons. The number of nitrogens with zero attached hydrogens (tertiary/aromatic N) is 1. The molecule has 32 heavy (non-hydrogen) atoms. The van der Waals surface area contributed by atoms with Gasteiger partial charge in [0.2, 0.25) is 0 Å². The Morgan fingerprint density at radius 1 is 1.19 bits per heavy atom. The maximum Gasteiger partial charge on any atom is 0.419 e. The second-order valence-corrected chi connectivity index (χ2v) is 8.61. The molecule has 2 aromatic rings. The number of carbonyl (C=O) groups is 2. The average molecular weight is 487 g/mol. The number of unbranched alkanes of at least 4 members (excludes halogenated alkanes) is 2. The molecule has 1 N–H and O–H groups in total. The van der Waals surface area contributed by atoms with Crippen LogP contribution in [0.25, 0.3) is 17.4 Å². The minimum absolute atomic E-state index is 0.0714. The number of carbonyl (C=O) groups excluding carboxylic acids is 1. The lowest BCUT2D eigenvalue weighted by atomic mass is 10.1. The highest BCUT2D eigenvalue weighted by molar-refractivity contribution is 8.26. The third kappa shape index (κ3) is 5.77. The summed E-state index contributed by atoms with van der Waals surface area (Å²) < 4.78 is 57.9. The number of rotatable bonds is 8. The van der Waals surface area contributed by atoms with Crippen molar-refractivity contribution in [2.24, 2.45) is 0 Å². The number of thioether (sulfide) groups is 1. The highest BCUT2D eigenvalue weighted by Gasteiger charge is 2.34. The van der Waals surface area contributed by atoms with Crippen molar-refractivity contribution >= 4 is 46.3 Å². The van der Waals surface area contributed by atoms with Crippen LogP contribution in [0.3, 0.4) is 0 Å². The van der Waals surface area contributed by atoms with Crippen molar-refractivity contribution in [3.05, 3.63) is 52.4 Å². The monoisotopic (exact) mass is 487 g/mol. The molecule has 0 unspecified atom stereocenters. The highest BCUT2D eigenvalue weighted by atomic mass is 32.2. The van der Waals surface area contributed by atoms with E-state index in [0.717, 1.165) is 23.9 Å². The van der Waals surface area contributed by atoms with Crippen molar-refractivity contribution in [1.29, 1.82) is 0 Å². The first kappa shape index (κ1) is 24.0. The van der Waals surface area contributed by atoms with Gasteiger partial charge in [0.15, 0.2) is 0 Å². The SMILES string of the molecule is O=C(O)CCCCCN1C(=O)C(=Cc2ccc(-c3ccc(C(F)(F)F)c(F)c3)o2)SC1=S. The van der Waals surface area contributed by atoms with Gasteiger partial charge in [-0.05, 0) is 37.1 Å². The molecule has 1 fully saturated rings. The fourth-order valence-electron chi connectivity index (χ4n) is 3.03. The predicted molar refractivity (Wildman–Crippen MR) is 115 cm³/mol. The Balaban J connectivity index is 1.67. The summed E-state index contributed by atoms with van der Waals surface area (Å²) in [6.07, 6.45) is -1.48. The van der Waals surface area contributed by atoms with Gasteiger partial charge < -0.3 is 9.52 Å². The number of hydrogen-bond acceptors (Lipinski definition) is 5. The van der Waals surface area contributed by atoms with E-state index in [1.165, 1.54) is 23.1 Å². The molecular formula is C21H17F4NO4S2. The van der Waals surface area contributed by atoms with Crippen LogP contribution < -0.4 is 0 Å². The third-order valence-corrected chi connectivity index (χ3v) is 5.98. The zero-order chi connectivity index (χ0) is 23.5. The molecule has 0 saturated carbocycles. The summed E-state index contributed by atoms with van der Waals surface area (Å²) in [5, 5.41) is 8.65. The Hall–Kier alpha value is -2.66. The van der Waals surface area contributed by atoms with Crippen LogP contribution in [0.5, 0.6) is 0 Å². The van der Waals surface area contributed by atoms with E-state index in [9.17, 15) is 27.2 Å². The molecular weight excluding hydrogens is 470 g/mol. The topological polar surface area (TPSA) is 70.8 Å². The van der Waals surface area contributed by atoms with E-state index < -0.39 is 23.5 Å². The fourth-order valence-corrected chi connectivity index (χ4v) is 4.32. The zero-order valence-electron chi connectivity index (χ0n) is 16.4. The Kier molecular flexibility index (Phi) is 7.40. The van der Waals surface area contributed by atoms with E-state index >= 15 is 0 Å². The highest BCUT2D eigenvalue weighted by Crippen LogP contribution is 2.36. The van der Waals surface area contributed by atoms with Crippen LogP contribution in [-0.4, -0.2) is 32.7 Å². The largest absolute Gasteiger partial charge is 0.481 e. The Bertz CT molecular complexity index is 1080. The predicted octanol–water partition coefficient (Wildman–Crippen LogP) is 5.95. The number of alkyl halides is 3. The minimum atomic E-state index is -4.79. The molecule has 1 aromatic carbocycles. The van der Waals surface area contributed by atoms with Gasteiger partial charge in [0.05, 0.1) is 10.5 Å². The number of halogens is 4. The minimum Gasteiger partial charge on any atom is -0.481 e. The summed E-state index contributed by atoms with van der Waals surface area (Å²) in [5.74, 6) is -2.16. The number of carboxylic acids is 1. The number of benzene rings is 1. The van der Waals surface area contributed by atoms with E-state index in [1.54, 1.807) is 0 Å². The molecule has 2 heterocycles. The number of thiocarbonyl (C=S) groups is 1. The molecule has 3 rings (SSSR count). The number of furan rings is 1. The van der Waals surface area contributed by atoms with Gasteiger partial charge >= 0.3 is 12.1 Å². The fraction of sp³-hybridized carbons (Fsp3) is 0.286. The second kappa shape index (κ2) is 9.86. The maximum atomic E-state index is 13.8. The van der Waals surface area contributed by atoms with Gasteiger partial charge in [-0.25, -0.2) is 4.39 Å². The third-order valence-electron chi connectivity index (χ3n) is 4.61. The molecule has 0 aliphatic carbocycles. The van der Waals surface area contributed by atoms with Crippen molar-refractivity contribution in [2.75, 3.05) is 6.54 Å². The smallest absolute Gasteiger partial charge is 0.419 e. The van der Waals surface area contributed by atoms with Crippen molar-refractivity contribution in [3.8, 4) is 11.3 Å². The maximum absolute atomic E-state index is 13.8. The van der Waals surface area contributed by atoms with Gasteiger partial charge in [-0.3, -0.25) is 14.5 Å². The summed E-state index contributed by atoms with van der Waals surface area (Å²) in [7, 11) is 0. The first-order chi connectivity index (χ1) is 15.1. The van der Waals surface area contributed by atoms with Crippen molar-refractivity contribution < 1.29 is 36.7 Å². The summed E-state index contributed by atoms with van der Waals surface area (Å²) in [6, 6.07) is 5.49. The number of amides is 1. The summed E-state index contributed by atoms with van der Waals surface area (Å²) in [5.41, 5.74) is -1.23. The van der Waals surface area contributed by atoms with Gasteiger partial charge in [0, 0.05) is 24.6 Å². The van der Waals surface area contributed by atoms with Gasteiger partial charge in [-0.2, -0.15) is 13.2 Å². The summed E-state index contributed by atoms with van der Waals surface area (Å²) >= 11 is 6.32. The molecule has 5 nitrogen and oxygen atoms in total. The molecule has 0 atom stereocenters. The van der Waals surface area contributed by atoms with Crippen molar-refractivity contribution in [3.63, 3.8) is 0 Å². The van der Waals surface area contributed by atoms with Crippen LogP contribution in [-0.2, 0) is 15.8 Å².